The third kappa shape index (κ3) is 1.66. The summed E-state index contributed by atoms with van der Waals surface area (Å²) in [7, 11) is 3.76. The van der Waals surface area contributed by atoms with Gasteiger partial charge in [0.05, 0.1) is 6.67 Å². The number of nitrogen functional groups attached to an aromatic ring is 1. The number of anilines is 1. The van der Waals surface area contributed by atoms with E-state index in [0.29, 0.717) is 12.3 Å². The lowest BCUT2D eigenvalue weighted by atomic mass is 10.5. The van der Waals surface area contributed by atoms with Gasteiger partial charge in [-0.25, -0.2) is 4.68 Å². The van der Waals surface area contributed by atoms with Crippen molar-refractivity contribution in [2.45, 2.75) is 6.67 Å². The fraction of sp³-hybridized carbons (Fsp3) is 0.429. The second kappa shape index (κ2) is 3.31. The van der Waals surface area contributed by atoms with E-state index in [0.717, 1.165) is 0 Å². The van der Waals surface area contributed by atoms with E-state index in [4.69, 9.17) is 5.73 Å². The molecular formula is C7H11N7O. The van der Waals surface area contributed by atoms with Gasteiger partial charge in [0.25, 0.3) is 5.56 Å². The predicted molar refractivity (Wildman–Crippen MR) is 54.0 cm³/mol. The molecule has 0 aliphatic rings. The highest BCUT2D eigenvalue weighted by molar-refractivity contribution is 5.69. The highest BCUT2D eigenvalue weighted by atomic mass is 16.1. The number of aromatic amines is 1. The molecule has 80 valence electrons. The maximum absolute atomic E-state index is 11.4. The van der Waals surface area contributed by atoms with Crippen molar-refractivity contribution in [3.8, 4) is 0 Å². The van der Waals surface area contributed by atoms with E-state index in [2.05, 4.69) is 20.3 Å². The molecule has 0 aromatic carbocycles. The Hall–Kier alpha value is -1.96. The van der Waals surface area contributed by atoms with Crippen LogP contribution in [-0.2, 0) is 6.67 Å². The Kier molecular flexibility index (Phi) is 2.12. The topological polar surface area (TPSA) is 106 Å². The normalized spacial score (nSPS) is 11.4. The average Bonchev–Trinajstić information content (AvgIpc) is 2.48. The number of H-pyrrole nitrogens is 1. The molecule has 8 nitrogen and oxygen atoms in total. The maximum atomic E-state index is 11.4. The number of hydrogen-bond donors (Lipinski definition) is 2. The minimum absolute atomic E-state index is 0.0646. The number of nitrogens with one attached hydrogen (secondary N) is 1. The summed E-state index contributed by atoms with van der Waals surface area (Å²) in [5.74, 6) is 0.0646. The monoisotopic (exact) mass is 209 g/mol. The molecule has 0 aliphatic carbocycles. The molecule has 0 spiro atoms. The number of rotatable bonds is 2. The third-order valence-corrected chi connectivity index (χ3v) is 1.81. The Bertz CT molecular complexity index is 540. The van der Waals surface area contributed by atoms with Crippen LogP contribution in [0.5, 0.6) is 0 Å². The largest absolute Gasteiger partial charge is 0.369 e. The van der Waals surface area contributed by atoms with Gasteiger partial charge in [-0.15, -0.1) is 5.10 Å². The minimum Gasteiger partial charge on any atom is -0.369 e. The van der Waals surface area contributed by atoms with Gasteiger partial charge in [0.1, 0.15) is 0 Å². The van der Waals surface area contributed by atoms with Crippen molar-refractivity contribution in [1.29, 1.82) is 0 Å². The highest BCUT2D eigenvalue weighted by Gasteiger charge is 2.10. The van der Waals surface area contributed by atoms with Crippen molar-refractivity contribution in [1.82, 2.24) is 29.9 Å². The van der Waals surface area contributed by atoms with E-state index in [9.17, 15) is 4.79 Å². The van der Waals surface area contributed by atoms with Crippen LogP contribution in [0.1, 0.15) is 0 Å². The molecular weight excluding hydrogens is 198 g/mol. The Balaban J connectivity index is 2.63. The van der Waals surface area contributed by atoms with Gasteiger partial charge in [0.15, 0.2) is 11.2 Å². The van der Waals surface area contributed by atoms with Crippen molar-refractivity contribution < 1.29 is 0 Å². The molecule has 2 aromatic rings. The van der Waals surface area contributed by atoms with Crippen LogP contribution in [-0.4, -0.2) is 44.0 Å². The Morgan fingerprint density at radius 3 is 2.93 bits per heavy atom. The molecule has 0 atom stereocenters. The summed E-state index contributed by atoms with van der Waals surface area (Å²) in [5.41, 5.74) is 5.66. The molecule has 0 radical (unpaired) electrons. The Labute approximate surface area is 84.7 Å². The SMILES string of the molecule is CN(C)Cn1nnc2c(=O)[nH]c(N)nc21. The fourth-order valence-electron chi connectivity index (χ4n) is 1.25. The lowest BCUT2D eigenvalue weighted by molar-refractivity contribution is 0.308. The Morgan fingerprint density at radius 2 is 2.27 bits per heavy atom. The zero-order chi connectivity index (χ0) is 11.0. The van der Waals surface area contributed by atoms with Crippen molar-refractivity contribution in [3.63, 3.8) is 0 Å². The zero-order valence-electron chi connectivity index (χ0n) is 8.43. The number of nitrogens with zero attached hydrogens (tertiary/aromatic N) is 5. The number of aromatic nitrogens is 5. The lowest BCUT2D eigenvalue weighted by Gasteiger charge is -2.08. The predicted octanol–water partition coefficient (Wildman–Crippen LogP) is -1.38. The fourth-order valence-corrected chi connectivity index (χ4v) is 1.25. The summed E-state index contributed by atoms with van der Waals surface area (Å²) >= 11 is 0. The van der Waals surface area contributed by atoms with Crippen LogP contribution >= 0.6 is 0 Å². The molecule has 2 rings (SSSR count). The highest BCUT2D eigenvalue weighted by Crippen LogP contribution is 2.03. The second-order valence-electron chi connectivity index (χ2n) is 3.43. The maximum Gasteiger partial charge on any atom is 0.282 e. The summed E-state index contributed by atoms with van der Waals surface area (Å²) in [5, 5.41) is 7.56. The zero-order valence-corrected chi connectivity index (χ0v) is 8.43. The van der Waals surface area contributed by atoms with Crippen LogP contribution in [0.2, 0.25) is 0 Å². The first kappa shape index (κ1) is 9.59. The molecule has 0 saturated carbocycles. The third-order valence-electron chi connectivity index (χ3n) is 1.81. The quantitative estimate of drug-likeness (QED) is 0.631. The van der Waals surface area contributed by atoms with E-state index in [1.807, 2.05) is 19.0 Å². The van der Waals surface area contributed by atoms with E-state index in [1.54, 1.807) is 0 Å². The van der Waals surface area contributed by atoms with Gasteiger partial charge in [-0.05, 0) is 14.1 Å². The van der Waals surface area contributed by atoms with Gasteiger partial charge in [0.2, 0.25) is 5.95 Å². The van der Waals surface area contributed by atoms with Crippen LogP contribution < -0.4 is 11.3 Å². The standard InChI is InChI=1S/C7H11N7O/c1-13(2)3-14-5-4(11-12-14)6(15)10-7(8)9-5/h3H2,1-2H3,(H3,8,9,10,15). The molecule has 0 aliphatic heterocycles. The van der Waals surface area contributed by atoms with Gasteiger partial charge < -0.3 is 5.73 Å². The Morgan fingerprint density at radius 1 is 1.53 bits per heavy atom. The van der Waals surface area contributed by atoms with Crippen LogP contribution in [0, 0.1) is 0 Å². The van der Waals surface area contributed by atoms with Gasteiger partial charge in [-0.1, -0.05) is 5.21 Å². The molecule has 0 bridgehead atoms. The molecule has 0 unspecified atom stereocenters. The van der Waals surface area contributed by atoms with Crippen LogP contribution in [0.4, 0.5) is 5.95 Å². The molecule has 8 heteroatoms. The van der Waals surface area contributed by atoms with E-state index >= 15 is 0 Å². The van der Waals surface area contributed by atoms with Crippen molar-refractivity contribution in [2.75, 3.05) is 19.8 Å². The summed E-state index contributed by atoms with van der Waals surface area (Å²) in [6, 6.07) is 0. The average molecular weight is 209 g/mol. The molecule has 0 saturated heterocycles. The summed E-state index contributed by atoms with van der Waals surface area (Å²) in [6.07, 6.45) is 0. The van der Waals surface area contributed by atoms with Crippen molar-refractivity contribution in [3.05, 3.63) is 10.4 Å². The summed E-state index contributed by atoms with van der Waals surface area (Å²) < 4.78 is 1.51. The molecule has 2 aromatic heterocycles. The second-order valence-corrected chi connectivity index (χ2v) is 3.43. The van der Waals surface area contributed by atoms with E-state index < -0.39 is 0 Å². The number of nitrogens with two attached hydrogens (primary N) is 1. The van der Waals surface area contributed by atoms with Crippen molar-refractivity contribution in [2.24, 2.45) is 0 Å². The smallest absolute Gasteiger partial charge is 0.282 e. The number of hydrogen-bond acceptors (Lipinski definition) is 6. The lowest BCUT2D eigenvalue weighted by Crippen LogP contribution is -2.19. The molecule has 0 amide bonds. The van der Waals surface area contributed by atoms with Crippen molar-refractivity contribution >= 4 is 17.1 Å². The molecule has 3 N–H and O–H groups in total. The molecule has 2 heterocycles. The van der Waals surface area contributed by atoms with Crippen LogP contribution in [0.3, 0.4) is 0 Å². The van der Waals surface area contributed by atoms with Gasteiger partial charge >= 0.3 is 0 Å². The van der Waals surface area contributed by atoms with Crippen LogP contribution in [0.25, 0.3) is 11.2 Å². The first-order valence-electron chi connectivity index (χ1n) is 4.31. The molecule has 15 heavy (non-hydrogen) atoms. The van der Waals surface area contributed by atoms with E-state index in [1.165, 1.54) is 4.68 Å². The first-order chi connectivity index (χ1) is 7.08. The minimum atomic E-state index is -0.373. The van der Waals surface area contributed by atoms with Gasteiger partial charge in [-0.3, -0.25) is 14.7 Å². The van der Waals surface area contributed by atoms with E-state index in [-0.39, 0.29) is 17.0 Å². The number of fused-ring (bicyclic) bond motifs is 1. The summed E-state index contributed by atoms with van der Waals surface area (Å²) in [6.45, 7) is 0.492. The van der Waals surface area contributed by atoms with Gasteiger partial charge in [0, 0.05) is 0 Å². The van der Waals surface area contributed by atoms with Gasteiger partial charge in [-0.2, -0.15) is 4.98 Å². The summed E-state index contributed by atoms with van der Waals surface area (Å²) in [4.78, 5) is 19.6. The molecule has 0 fully saturated rings. The van der Waals surface area contributed by atoms with Crippen LogP contribution in [0.15, 0.2) is 4.79 Å². The first-order valence-corrected chi connectivity index (χ1v) is 4.31.